The number of nitrogens with one attached hydrogen (secondary N) is 2. The molecule has 0 rings (SSSR count). The highest BCUT2D eigenvalue weighted by molar-refractivity contribution is 7.87. The number of amides is 1. The topological polar surface area (TPSA) is 131 Å². The maximum absolute atomic E-state index is 11.0. The SMILES string of the molecule is CC(C)OC(=O)NS(=O)(=O)NOCC(=O)O. The predicted octanol–water partition coefficient (Wildman–Crippen LogP) is -1.03. The first-order valence-corrected chi connectivity index (χ1v) is 5.55. The Bertz CT molecular complexity index is 350. The Hall–Kier alpha value is -1.39. The van der Waals surface area contributed by atoms with E-state index in [1.807, 2.05) is 0 Å². The van der Waals surface area contributed by atoms with E-state index in [0.29, 0.717) is 0 Å². The Balaban J connectivity index is 4.05. The van der Waals surface area contributed by atoms with Gasteiger partial charge in [-0.15, -0.1) is 0 Å². The summed E-state index contributed by atoms with van der Waals surface area (Å²) in [6, 6.07) is 0. The van der Waals surface area contributed by atoms with Gasteiger partial charge in [0.2, 0.25) is 0 Å². The van der Waals surface area contributed by atoms with Gasteiger partial charge in [0, 0.05) is 0 Å². The molecule has 0 atom stereocenters. The van der Waals surface area contributed by atoms with E-state index in [1.54, 1.807) is 0 Å². The molecule has 10 heteroatoms. The lowest BCUT2D eigenvalue weighted by Gasteiger charge is -2.09. The van der Waals surface area contributed by atoms with Gasteiger partial charge >= 0.3 is 22.3 Å². The molecule has 0 spiro atoms. The molecule has 0 saturated carbocycles. The number of carbonyl (C=O) groups excluding carboxylic acids is 1. The molecule has 0 aliphatic rings. The van der Waals surface area contributed by atoms with Crippen molar-refractivity contribution in [3.8, 4) is 0 Å². The van der Waals surface area contributed by atoms with Gasteiger partial charge < -0.3 is 9.84 Å². The first-order valence-electron chi connectivity index (χ1n) is 4.06. The third-order valence-electron chi connectivity index (χ3n) is 0.925. The van der Waals surface area contributed by atoms with Crippen LogP contribution in [0.3, 0.4) is 0 Å². The molecule has 0 saturated heterocycles. The van der Waals surface area contributed by atoms with E-state index in [4.69, 9.17) is 5.11 Å². The Morgan fingerprint density at radius 3 is 2.38 bits per heavy atom. The Morgan fingerprint density at radius 1 is 1.38 bits per heavy atom. The van der Waals surface area contributed by atoms with Crippen molar-refractivity contribution in [3.63, 3.8) is 0 Å². The summed E-state index contributed by atoms with van der Waals surface area (Å²) in [7, 11) is -4.28. The smallest absolute Gasteiger partial charge is 0.422 e. The monoisotopic (exact) mass is 256 g/mol. The first-order chi connectivity index (χ1) is 7.23. The number of carbonyl (C=O) groups is 2. The Labute approximate surface area is 91.9 Å². The van der Waals surface area contributed by atoms with Crippen molar-refractivity contribution in [2.24, 2.45) is 0 Å². The van der Waals surface area contributed by atoms with Crippen LogP contribution in [0, 0.1) is 0 Å². The van der Waals surface area contributed by atoms with Gasteiger partial charge in [0.15, 0.2) is 6.61 Å². The van der Waals surface area contributed by atoms with Crippen LogP contribution < -0.4 is 9.61 Å². The number of rotatable bonds is 6. The van der Waals surface area contributed by atoms with Crippen LogP contribution in [0.2, 0.25) is 0 Å². The summed E-state index contributed by atoms with van der Waals surface area (Å²) in [4.78, 5) is 26.3. The van der Waals surface area contributed by atoms with Gasteiger partial charge in [-0.25, -0.2) is 14.3 Å². The Kier molecular flexibility index (Phi) is 5.71. The largest absolute Gasteiger partial charge is 0.479 e. The van der Waals surface area contributed by atoms with Crippen LogP contribution >= 0.6 is 0 Å². The minimum absolute atomic E-state index is 0.491. The molecule has 0 aromatic heterocycles. The van der Waals surface area contributed by atoms with Crippen molar-refractivity contribution in [2.75, 3.05) is 6.61 Å². The third-order valence-corrected chi connectivity index (χ3v) is 1.70. The van der Waals surface area contributed by atoms with Crippen molar-refractivity contribution in [3.05, 3.63) is 0 Å². The average Bonchev–Trinajstić information content (AvgIpc) is 1.98. The molecule has 1 amide bonds. The number of aliphatic carboxylic acids is 1. The third kappa shape index (κ3) is 7.96. The molecule has 0 aromatic rings. The maximum Gasteiger partial charge on any atom is 0.422 e. The first kappa shape index (κ1) is 14.6. The van der Waals surface area contributed by atoms with E-state index < -0.39 is 35.0 Å². The van der Waals surface area contributed by atoms with E-state index in [2.05, 4.69) is 9.57 Å². The summed E-state index contributed by atoms with van der Waals surface area (Å²) in [5, 5.41) is 8.14. The summed E-state index contributed by atoms with van der Waals surface area (Å²) in [5.41, 5.74) is 0. The molecule has 0 bridgehead atoms. The minimum Gasteiger partial charge on any atom is -0.479 e. The highest BCUT2D eigenvalue weighted by Gasteiger charge is 2.16. The van der Waals surface area contributed by atoms with Gasteiger partial charge in [-0.05, 0) is 13.8 Å². The van der Waals surface area contributed by atoms with E-state index >= 15 is 0 Å². The fourth-order valence-electron chi connectivity index (χ4n) is 0.537. The van der Waals surface area contributed by atoms with Gasteiger partial charge in [0.05, 0.1) is 6.10 Å². The molecule has 0 aliphatic heterocycles. The number of carboxylic acid groups (broad SMARTS) is 1. The van der Waals surface area contributed by atoms with E-state index in [0.717, 1.165) is 0 Å². The van der Waals surface area contributed by atoms with Crippen molar-refractivity contribution in [1.82, 2.24) is 9.61 Å². The van der Waals surface area contributed by atoms with Gasteiger partial charge in [-0.3, -0.25) is 4.84 Å². The maximum atomic E-state index is 11.0. The van der Waals surface area contributed by atoms with E-state index in [1.165, 1.54) is 23.5 Å². The van der Waals surface area contributed by atoms with Crippen molar-refractivity contribution in [2.45, 2.75) is 20.0 Å². The number of carboxylic acids is 1. The number of hydrogen-bond donors (Lipinski definition) is 3. The highest BCUT2D eigenvalue weighted by Crippen LogP contribution is 1.89. The number of ether oxygens (including phenoxy) is 1. The number of hydrogen-bond acceptors (Lipinski definition) is 6. The zero-order chi connectivity index (χ0) is 12.8. The molecule has 0 unspecified atom stereocenters. The fourth-order valence-corrected chi connectivity index (χ4v) is 1.06. The molecule has 0 radical (unpaired) electrons. The molecule has 0 aliphatic carbocycles. The molecule has 0 aromatic carbocycles. The van der Waals surface area contributed by atoms with E-state index in [9.17, 15) is 18.0 Å². The van der Waals surface area contributed by atoms with Gasteiger partial charge in [-0.1, -0.05) is 4.89 Å². The summed E-state index contributed by atoms with van der Waals surface area (Å²) >= 11 is 0. The summed E-state index contributed by atoms with van der Waals surface area (Å²) < 4.78 is 27.8. The lowest BCUT2D eigenvalue weighted by molar-refractivity contribution is -0.143. The highest BCUT2D eigenvalue weighted by atomic mass is 32.2. The van der Waals surface area contributed by atoms with Crippen LogP contribution in [0.4, 0.5) is 4.79 Å². The van der Waals surface area contributed by atoms with Crippen LogP contribution in [0.1, 0.15) is 13.8 Å². The summed E-state index contributed by atoms with van der Waals surface area (Å²) in [6.07, 6.45) is -1.68. The second-order valence-electron chi connectivity index (χ2n) is 2.83. The molecule has 94 valence electrons. The zero-order valence-electron chi connectivity index (χ0n) is 8.59. The van der Waals surface area contributed by atoms with Crippen LogP contribution in [-0.2, 0) is 24.6 Å². The van der Waals surface area contributed by atoms with Gasteiger partial charge in [-0.2, -0.15) is 8.42 Å². The molecule has 9 nitrogen and oxygen atoms in total. The van der Waals surface area contributed by atoms with Crippen LogP contribution in [0.15, 0.2) is 0 Å². The fraction of sp³-hybridized carbons (Fsp3) is 0.667. The average molecular weight is 256 g/mol. The molecular formula is C6H12N2O7S. The second kappa shape index (κ2) is 6.25. The molecule has 0 heterocycles. The van der Waals surface area contributed by atoms with E-state index in [-0.39, 0.29) is 0 Å². The van der Waals surface area contributed by atoms with Gasteiger partial charge in [0.25, 0.3) is 0 Å². The van der Waals surface area contributed by atoms with Gasteiger partial charge in [0.1, 0.15) is 0 Å². The molecule has 3 N–H and O–H groups in total. The van der Waals surface area contributed by atoms with Crippen molar-refractivity contribution < 1.29 is 32.7 Å². The normalized spacial score (nSPS) is 11.2. The Morgan fingerprint density at radius 2 is 1.94 bits per heavy atom. The van der Waals surface area contributed by atoms with Crippen molar-refractivity contribution in [1.29, 1.82) is 0 Å². The molecular weight excluding hydrogens is 244 g/mol. The lowest BCUT2D eigenvalue weighted by atomic mass is 10.5. The molecule has 16 heavy (non-hydrogen) atoms. The summed E-state index contributed by atoms with van der Waals surface area (Å²) in [5.74, 6) is -1.37. The van der Waals surface area contributed by atoms with Crippen LogP contribution in [0.25, 0.3) is 0 Å². The zero-order valence-corrected chi connectivity index (χ0v) is 9.41. The van der Waals surface area contributed by atoms with Crippen LogP contribution in [-0.4, -0.2) is 38.3 Å². The summed E-state index contributed by atoms with van der Waals surface area (Å²) in [6.45, 7) is 2.18. The lowest BCUT2D eigenvalue weighted by Crippen LogP contribution is -2.41. The molecule has 0 fully saturated rings. The predicted molar refractivity (Wildman–Crippen MR) is 50.4 cm³/mol. The van der Waals surface area contributed by atoms with Crippen LogP contribution in [0.5, 0.6) is 0 Å². The second-order valence-corrected chi connectivity index (χ2v) is 4.20. The quantitative estimate of drug-likeness (QED) is 0.518. The van der Waals surface area contributed by atoms with Crippen molar-refractivity contribution >= 4 is 22.3 Å². The minimum atomic E-state index is -4.28. The standard InChI is InChI=1S/C6H12N2O7S/c1-4(2)15-6(11)7-16(12,13)8-14-3-5(9)10/h4,8H,3H2,1-2H3,(H,7,11)(H,9,10).